The topological polar surface area (TPSA) is 134 Å². The molecule has 0 saturated heterocycles. The van der Waals surface area contributed by atoms with E-state index in [1.165, 1.54) is 24.3 Å². The number of carbonyl (C=O) groups is 1. The third-order valence-corrected chi connectivity index (χ3v) is 5.71. The molecule has 0 fully saturated rings. The molecule has 0 saturated carbocycles. The van der Waals surface area contributed by atoms with Crippen molar-refractivity contribution < 1.29 is 31.5 Å². The van der Waals surface area contributed by atoms with E-state index in [2.05, 4.69) is 15.5 Å². The molecule has 3 aromatic carbocycles. The first-order chi connectivity index (χ1) is 16.4. The highest BCUT2D eigenvalue weighted by molar-refractivity contribution is 7.89. The molecule has 8 nitrogen and oxygen atoms in total. The number of nitrogens with one attached hydrogen (secondary N) is 1. The lowest BCUT2D eigenvalue weighted by atomic mass is 10.1. The number of azo groups is 1. The van der Waals surface area contributed by atoms with Gasteiger partial charge in [-0.3, -0.25) is 4.79 Å². The molecule has 0 bridgehead atoms. The number of primary sulfonamides is 1. The van der Waals surface area contributed by atoms with E-state index in [1.54, 1.807) is 18.2 Å². The van der Waals surface area contributed by atoms with Crippen LogP contribution in [0.4, 0.5) is 24.5 Å². The van der Waals surface area contributed by atoms with Crippen molar-refractivity contribution >= 4 is 44.7 Å². The minimum atomic E-state index is -4.74. The Kier molecular flexibility index (Phi) is 7.58. The number of halogens is 4. The Balaban J connectivity index is 1.99. The zero-order valence-corrected chi connectivity index (χ0v) is 19.1. The summed E-state index contributed by atoms with van der Waals surface area (Å²) in [4.78, 5) is 12.7. The maximum atomic E-state index is 13.1. The fraction of sp³-hybridized carbons (Fsp3) is 0.0455. The fourth-order valence-corrected chi connectivity index (χ4v) is 3.49. The SMILES string of the molecule is NS(=O)(=O)c1ccc(NC(=O)/C(N=Nc2ccc(Cl)c(C(F)(F)F)c2)=C(\O)c2ccccc2)cc1. The molecule has 3 rings (SSSR count). The van der Waals surface area contributed by atoms with Gasteiger partial charge in [0.1, 0.15) is 0 Å². The highest BCUT2D eigenvalue weighted by Crippen LogP contribution is 2.37. The third-order valence-electron chi connectivity index (χ3n) is 4.45. The Bertz CT molecular complexity index is 1410. The van der Waals surface area contributed by atoms with Gasteiger partial charge in [0.25, 0.3) is 5.91 Å². The summed E-state index contributed by atoms with van der Waals surface area (Å²) >= 11 is 5.60. The van der Waals surface area contributed by atoms with E-state index >= 15 is 0 Å². The van der Waals surface area contributed by atoms with Crippen LogP contribution in [0.2, 0.25) is 5.02 Å². The number of rotatable bonds is 6. The molecule has 0 unspecified atom stereocenters. The highest BCUT2D eigenvalue weighted by atomic mass is 35.5. The molecule has 0 radical (unpaired) electrons. The normalized spacial score (nSPS) is 12.9. The Morgan fingerprint density at radius 1 is 1.00 bits per heavy atom. The van der Waals surface area contributed by atoms with Crippen LogP contribution in [0.3, 0.4) is 0 Å². The Morgan fingerprint density at radius 2 is 1.63 bits per heavy atom. The van der Waals surface area contributed by atoms with Gasteiger partial charge in [-0.15, -0.1) is 5.11 Å². The number of hydrogen-bond donors (Lipinski definition) is 3. The van der Waals surface area contributed by atoms with Gasteiger partial charge in [-0.1, -0.05) is 41.9 Å². The maximum absolute atomic E-state index is 13.1. The van der Waals surface area contributed by atoms with E-state index in [0.29, 0.717) is 6.07 Å². The number of aliphatic hydroxyl groups is 1. The van der Waals surface area contributed by atoms with Crippen molar-refractivity contribution in [3.8, 4) is 0 Å². The summed E-state index contributed by atoms with van der Waals surface area (Å²) < 4.78 is 62.2. The second-order valence-corrected chi connectivity index (χ2v) is 8.92. The third kappa shape index (κ3) is 6.66. The first-order valence-corrected chi connectivity index (χ1v) is 11.5. The molecule has 3 aromatic rings. The molecule has 182 valence electrons. The summed E-state index contributed by atoms with van der Waals surface area (Å²) in [5.74, 6) is -1.57. The summed E-state index contributed by atoms with van der Waals surface area (Å²) in [5, 5.41) is 24.9. The lowest BCUT2D eigenvalue weighted by molar-refractivity contribution is -0.137. The first kappa shape index (κ1) is 25.9. The number of alkyl halides is 3. The monoisotopic (exact) mass is 524 g/mol. The lowest BCUT2D eigenvalue weighted by Crippen LogP contribution is -2.15. The zero-order valence-electron chi connectivity index (χ0n) is 17.5. The minimum Gasteiger partial charge on any atom is -0.505 e. The van der Waals surface area contributed by atoms with Crippen LogP contribution in [0.25, 0.3) is 5.76 Å². The highest BCUT2D eigenvalue weighted by Gasteiger charge is 2.33. The van der Waals surface area contributed by atoms with Crippen LogP contribution < -0.4 is 10.5 Å². The smallest absolute Gasteiger partial charge is 0.417 e. The largest absolute Gasteiger partial charge is 0.505 e. The van der Waals surface area contributed by atoms with E-state index in [4.69, 9.17) is 16.7 Å². The number of aliphatic hydroxyl groups excluding tert-OH is 1. The predicted octanol–water partition coefficient (Wildman–Crippen LogP) is 5.66. The molecule has 0 aliphatic carbocycles. The molecule has 0 aliphatic rings. The molecule has 1 amide bonds. The Labute approximate surface area is 202 Å². The van der Waals surface area contributed by atoms with Crippen LogP contribution in [-0.2, 0) is 21.0 Å². The summed E-state index contributed by atoms with van der Waals surface area (Å²) in [6.45, 7) is 0. The molecule has 0 spiro atoms. The van der Waals surface area contributed by atoms with E-state index in [1.807, 2.05) is 0 Å². The molecule has 0 aromatic heterocycles. The quantitative estimate of drug-likeness (QED) is 0.218. The first-order valence-electron chi connectivity index (χ1n) is 9.57. The van der Waals surface area contributed by atoms with Gasteiger partial charge in [0.2, 0.25) is 10.0 Å². The van der Waals surface area contributed by atoms with Gasteiger partial charge >= 0.3 is 6.18 Å². The molecule has 4 N–H and O–H groups in total. The summed E-state index contributed by atoms with van der Waals surface area (Å²) in [6.07, 6.45) is -4.74. The summed E-state index contributed by atoms with van der Waals surface area (Å²) in [5.41, 5.74) is -1.72. The van der Waals surface area contributed by atoms with Crippen LogP contribution in [0.15, 0.2) is 93.6 Å². The Morgan fingerprint density at radius 3 is 2.20 bits per heavy atom. The molecule has 13 heteroatoms. The van der Waals surface area contributed by atoms with Gasteiger partial charge in [-0.05, 0) is 42.5 Å². The predicted molar refractivity (Wildman–Crippen MR) is 123 cm³/mol. The summed E-state index contributed by atoms with van der Waals surface area (Å²) in [7, 11) is -3.96. The van der Waals surface area contributed by atoms with Crippen molar-refractivity contribution in [3.63, 3.8) is 0 Å². The van der Waals surface area contributed by atoms with Crippen molar-refractivity contribution in [1.82, 2.24) is 0 Å². The van der Waals surface area contributed by atoms with Gasteiger partial charge in [0.05, 0.1) is 21.2 Å². The van der Waals surface area contributed by atoms with Gasteiger partial charge in [0, 0.05) is 11.3 Å². The van der Waals surface area contributed by atoms with Gasteiger partial charge < -0.3 is 10.4 Å². The van der Waals surface area contributed by atoms with E-state index in [9.17, 15) is 31.5 Å². The van der Waals surface area contributed by atoms with Crippen molar-refractivity contribution in [2.24, 2.45) is 15.4 Å². The van der Waals surface area contributed by atoms with Gasteiger partial charge in [0.15, 0.2) is 11.5 Å². The van der Waals surface area contributed by atoms with Crippen molar-refractivity contribution in [3.05, 3.63) is 94.6 Å². The van der Waals surface area contributed by atoms with E-state index in [0.717, 1.165) is 24.3 Å². The second-order valence-electron chi connectivity index (χ2n) is 6.95. The molecular weight excluding hydrogens is 509 g/mol. The fourth-order valence-electron chi connectivity index (χ4n) is 2.75. The lowest BCUT2D eigenvalue weighted by Gasteiger charge is -2.10. The zero-order chi connectivity index (χ0) is 25.8. The molecule has 35 heavy (non-hydrogen) atoms. The number of carbonyl (C=O) groups excluding carboxylic acids is 1. The average molecular weight is 525 g/mol. The van der Waals surface area contributed by atoms with E-state index in [-0.39, 0.29) is 21.8 Å². The molecule has 0 aliphatic heterocycles. The Hall–Kier alpha value is -3.74. The summed E-state index contributed by atoms with van der Waals surface area (Å²) in [6, 6.07) is 15.4. The number of benzene rings is 3. The molecule has 0 heterocycles. The van der Waals surface area contributed by atoms with Gasteiger partial charge in [-0.2, -0.15) is 18.3 Å². The number of amides is 1. The van der Waals surface area contributed by atoms with Crippen molar-refractivity contribution in [2.45, 2.75) is 11.1 Å². The van der Waals surface area contributed by atoms with Gasteiger partial charge in [-0.25, -0.2) is 13.6 Å². The second kappa shape index (κ2) is 10.3. The van der Waals surface area contributed by atoms with Crippen LogP contribution in [0, 0.1) is 0 Å². The molecular formula is C22H16ClF3N4O4S. The van der Waals surface area contributed by atoms with E-state index < -0.39 is 44.1 Å². The maximum Gasteiger partial charge on any atom is 0.417 e. The average Bonchev–Trinajstić information content (AvgIpc) is 2.79. The standard InChI is InChI=1S/C22H16ClF3N4O4S/c23-18-11-8-15(12-17(18)22(24,25)26)29-30-19(20(31)13-4-2-1-3-5-13)21(32)28-14-6-9-16(10-7-14)35(27,33)34/h1-12,31H,(H,28,32)(H2,27,33,34)/b20-19+,30-29?. The van der Waals surface area contributed by atoms with Crippen LogP contribution in [0.5, 0.6) is 0 Å². The minimum absolute atomic E-state index is 0.127. The van der Waals surface area contributed by atoms with Crippen LogP contribution in [0.1, 0.15) is 11.1 Å². The molecule has 0 atom stereocenters. The van der Waals surface area contributed by atoms with Crippen LogP contribution >= 0.6 is 11.6 Å². The number of anilines is 1. The van der Waals surface area contributed by atoms with Crippen molar-refractivity contribution in [2.75, 3.05) is 5.32 Å². The number of sulfonamides is 1. The number of nitrogens with zero attached hydrogens (tertiary/aromatic N) is 2. The number of hydrogen-bond acceptors (Lipinski definition) is 6. The van der Waals surface area contributed by atoms with Crippen LogP contribution in [-0.4, -0.2) is 19.4 Å². The number of nitrogens with two attached hydrogens (primary N) is 1. The van der Waals surface area contributed by atoms with Crippen molar-refractivity contribution in [1.29, 1.82) is 0 Å².